The molecule has 0 saturated heterocycles. The maximum absolute atomic E-state index is 11.4. The standard InChI is InChI=1S/C19H21N5O2/c1-11-5-7-15-18(21-10-24(15)3)17(11)23-12(2)22-14-9-13(19(20)25)6-8-16(14)26-4/h5-10H,1-4H3,(H2,20,25)(H,22,23). The first kappa shape index (κ1) is 17.5. The van der Waals surface area contributed by atoms with E-state index in [1.807, 2.05) is 37.6 Å². The third-order valence-electron chi connectivity index (χ3n) is 4.15. The fourth-order valence-corrected chi connectivity index (χ4v) is 2.78. The van der Waals surface area contributed by atoms with Crippen molar-refractivity contribution in [3.63, 3.8) is 0 Å². The summed E-state index contributed by atoms with van der Waals surface area (Å²) in [6.45, 7) is 3.84. The number of nitrogens with two attached hydrogens (primary N) is 1. The molecule has 1 aromatic heterocycles. The second-order valence-corrected chi connectivity index (χ2v) is 6.06. The zero-order valence-electron chi connectivity index (χ0n) is 15.2. The Morgan fingerprint density at radius 3 is 2.77 bits per heavy atom. The van der Waals surface area contributed by atoms with Gasteiger partial charge < -0.3 is 20.4 Å². The molecule has 134 valence electrons. The third-order valence-corrected chi connectivity index (χ3v) is 4.15. The van der Waals surface area contributed by atoms with Crippen LogP contribution < -0.4 is 15.8 Å². The van der Waals surface area contributed by atoms with Gasteiger partial charge in [0, 0.05) is 12.6 Å². The molecule has 3 N–H and O–H groups in total. The van der Waals surface area contributed by atoms with E-state index in [1.165, 1.54) is 0 Å². The van der Waals surface area contributed by atoms with Gasteiger partial charge in [0.25, 0.3) is 0 Å². The number of hydrogen-bond acceptors (Lipinski definition) is 4. The number of aryl methyl sites for hydroxylation is 2. The van der Waals surface area contributed by atoms with Crippen molar-refractivity contribution in [3.8, 4) is 5.75 Å². The maximum Gasteiger partial charge on any atom is 0.248 e. The van der Waals surface area contributed by atoms with Gasteiger partial charge in [-0.1, -0.05) is 6.07 Å². The molecule has 0 bridgehead atoms. The van der Waals surface area contributed by atoms with Crippen molar-refractivity contribution in [2.24, 2.45) is 17.8 Å². The Hall–Kier alpha value is -3.35. The SMILES string of the molecule is COc1ccc(C(N)=O)cc1NC(C)=Nc1c(C)ccc2c1ncn2C. The van der Waals surface area contributed by atoms with E-state index in [0.29, 0.717) is 22.8 Å². The van der Waals surface area contributed by atoms with Gasteiger partial charge in [-0.3, -0.25) is 4.79 Å². The number of rotatable bonds is 4. The number of aromatic nitrogens is 2. The lowest BCUT2D eigenvalue weighted by Crippen LogP contribution is -2.13. The average Bonchev–Trinajstić information content (AvgIpc) is 2.98. The lowest BCUT2D eigenvalue weighted by Gasteiger charge is -2.12. The number of imidazole rings is 1. The van der Waals surface area contributed by atoms with Gasteiger partial charge in [0.05, 0.1) is 30.3 Å². The van der Waals surface area contributed by atoms with Crippen LogP contribution in [0.4, 0.5) is 11.4 Å². The predicted octanol–water partition coefficient (Wildman–Crippen LogP) is 3.15. The van der Waals surface area contributed by atoms with Crippen molar-refractivity contribution < 1.29 is 9.53 Å². The van der Waals surface area contributed by atoms with Crippen LogP contribution in [-0.2, 0) is 7.05 Å². The van der Waals surface area contributed by atoms with E-state index >= 15 is 0 Å². The van der Waals surface area contributed by atoms with Crippen LogP contribution in [0.15, 0.2) is 41.7 Å². The third kappa shape index (κ3) is 3.23. The number of ether oxygens (including phenoxy) is 1. The zero-order chi connectivity index (χ0) is 18.8. The molecule has 0 saturated carbocycles. The topological polar surface area (TPSA) is 94.5 Å². The number of methoxy groups -OCH3 is 1. The first-order chi connectivity index (χ1) is 12.4. The smallest absolute Gasteiger partial charge is 0.248 e. The number of hydrogen-bond donors (Lipinski definition) is 2. The minimum atomic E-state index is -0.501. The predicted molar refractivity (Wildman–Crippen MR) is 103 cm³/mol. The normalized spacial score (nSPS) is 11.6. The molecule has 3 rings (SSSR count). The summed E-state index contributed by atoms with van der Waals surface area (Å²) < 4.78 is 7.30. The summed E-state index contributed by atoms with van der Waals surface area (Å²) in [4.78, 5) is 20.6. The second kappa shape index (κ2) is 6.87. The summed E-state index contributed by atoms with van der Waals surface area (Å²) in [6.07, 6.45) is 1.77. The van der Waals surface area contributed by atoms with Gasteiger partial charge in [-0.15, -0.1) is 0 Å². The number of carbonyl (C=O) groups is 1. The number of nitrogens with one attached hydrogen (secondary N) is 1. The Morgan fingerprint density at radius 1 is 1.31 bits per heavy atom. The van der Waals surface area contributed by atoms with Crippen LogP contribution in [0, 0.1) is 6.92 Å². The van der Waals surface area contributed by atoms with Gasteiger partial charge in [0.1, 0.15) is 17.1 Å². The van der Waals surface area contributed by atoms with Gasteiger partial charge in [-0.05, 0) is 43.7 Å². The number of amidine groups is 1. The van der Waals surface area contributed by atoms with Crippen LogP contribution in [0.2, 0.25) is 0 Å². The number of fused-ring (bicyclic) bond motifs is 1. The van der Waals surface area contributed by atoms with Crippen LogP contribution in [0.5, 0.6) is 5.75 Å². The lowest BCUT2D eigenvalue weighted by atomic mass is 10.1. The van der Waals surface area contributed by atoms with E-state index in [9.17, 15) is 4.79 Å². The number of carbonyl (C=O) groups excluding carboxylic acids is 1. The molecule has 0 radical (unpaired) electrons. The molecule has 0 aliphatic rings. The lowest BCUT2D eigenvalue weighted by molar-refractivity contribution is 0.100. The molecule has 0 aliphatic heterocycles. The molecule has 1 heterocycles. The van der Waals surface area contributed by atoms with Gasteiger partial charge in [0.15, 0.2) is 0 Å². The molecule has 3 aromatic rings. The van der Waals surface area contributed by atoms with E-state index in [4.69, 9.17) is 15.5 Å². The largest absolute Gasteiger partial charge is 0.495 e. The zero-order valence-corrected chi connectivity index (χ0v) is 15.2. The van der Waals surface area contributed by atoms with E-state index in [2.05, 4.69) is 10.3 Å². The monoisotopic (exact) mass is 351 g/mol. The summed E-state index contributed by atoms with van der Waals surface area (Å²) in [5, 5.41) is 3.19. The van der Waals surface area contributed by atoms with Gasteiger partial charge >= 0.3 is 0 Å². The molecule has 7 nitrogen and oxygen atoms in total. The molecule has 0 atom stereocenters. The summed E-state index contributed by atoms with van der Waals surface area (Å²) in [5.41, 5.74) is 10.1. The Bertz CT molecular complexity index is 1020. The maximum atomic E-state index is 11.4. The highest BCUT2D eigenvalue weighted by Crippen LogP contribution is 2.30. The average molecular weight is 351 g/mol. The molecule has 26 heavy (non-hydrogen) atoms. The van der Waals surface area contributed by atoms with E-state index in [1.54, 1.807) is 31.6 Å². The van der Waals surface area contributed by atoms with Crippen LogP contribution >= 0.6 is 0 Å². The minimum absolute atomic E-state index is 0.393. The molecule has 7 heteroatoms. The first-order valence-corrected chi connectivity index (χ1v) is 8.11. The van der Waals surface area contributed by atoms with Crippen LogP contribution in [-0.4, -0.2) is 28.4 Å². The highest BCUT2D eigenvalue weighted by atomic mass is 16.5. The number of anilines is 1. The van der Waals surface area contributed by atoms with Gasteiger partial charge in [-0.25, -0.2) is 9.98 Å². The van der Waals surface area contributed by atoms with Crippen molar-refractivity contribution in [1.29, 1.82) is 0 Å². The number of amides is 1. The Balaban J connectivity index is 2.01. The van der Waals surface area contributed by atoms with Crippen molar-refractivity contribution >= 4 is 34.2 Å². The van der Waals surface area contributed by atoms with E-state index in [0.717, 1.165) is 22.3 Å². The molecular weight excluding hydrogens is 330 g/mol. The van der Waals surface area contributed by atoms with Crippen molar-refractivity contribution in [2.45, 2.75) is 13.8 Å². The fraction of sp³-hybridized carbons (Fsp3) is 0.211. The minimum Gasteiger partial charge on any atom is -0.495 e. The van der Waals surface area contributed by atoms with Crippen molar-refractivity contribution in [1.82, 2.24) is 9.55 Å². The molecule has 0 aliphatic carbocycles. The summed E-state index contributed by atoms with van der Waals surface area (Å²) in [7, 11) is 3.51. The summed E-state index contributed by atoms with van der Waals surface area (Å²) in [5.74, 6) is 0.739. The summed E-state index contributed by atoms with van der Waals surface area (Å²) >= 11 is 0. The number of primary amides is 1. The van der Waals surface area contributed by atoms with Gasteiger partial charge in [-0.2, -0.15) is 0 Å². The quantitative estimate of drug-likeness (QED) is 0.557. The summed E-state index contributed by atoms with van der Waals surface area (Å²) in [6, 6.07) is 9.01. The number of benzene rings is 2. The Kier molecular flexibility index (Phi) is 4.62. The van der Waals surface area contributed by atoms with Crippen molar-refractivity contribution in [2.75, 3.05) is 12.4 Å². The molecule has 1 amide bonds. The van der Waals surface area contributed by atoms with E-state index in [-0.39, 0.29) is 0 Å². The highest BCUT2D eigenvalue weighted by Gasteiger charge is 2.11. The first-order valence-electron chi connectivity index (χ1n) is 8.11. The fourth-order valence-electron chi connectivity index (χ4n) is 2.78. The van der Waals surface area contributed by atoms with Crippen LogP contribution in [0.1, 0.15) is 22.8 Å². The Morgan fingerprint density at radius 2 is 2.08 bits per heavy atom. The molecule has 0 fully saturated rings. The van der Waals surface area contributed by atoms with Crippen LogP contribution in [0.25, 0.3) is 11.0 Å². The molecular formula is C19H21N5O2. The van der Waals surface area contributed by atoms with E-state index < -0.39 is 5.91 Å². The number of aliphatic imine (C=N–C) groups is 1. The highest BCUT2D eigenvalue weighted by molar-refractivity contribution is 6.01. The second-order valence-electron chi connectivity index (χ2n) is 6.06. The Labute approximate surface area is 151 Å². The van der Waals surface area contributed by atoms with Crippen molar-refractivity contribution in [3.05, 3.63) is 47.8 Å². The number of nitrogens with zero attached hydrogens (tertiary/aromatic N) is 3. The van der Waals surface area contributed by atoms with Crippen LogP contribution in [0.3, 0.4) is 0 Å². The molecule has 2 aromatic carbocycles. The molecule has 0 spiro atoms. The van der Waals surface area contributed by atoms with Gasteiger partial charge in [0.2, 0.25) is 5.91 Å². The molecule has 0 unspecified atom stereocenters.